The molecule has 2 heterocycles. The van der Waals surface area contributed by atoms with E-state index < -0.39 is 5.92 Å². The summed E-state index contributed by atoms with van der Waals surface area (Å²) in [6.07, 6.45) is 8.60. The van der Waals surface area contributed by atoms with Gasteiger partial charge in [-0.3, -0.25) is 29.4 Å². The van der Waals surface area contributed by atoms with E-state index in [0.29, 0.717) is 17.8 Å². The van der Waals surface area contributed by atoms with Gasteiger partial charge in [-0.15, -0.1) is 0 Å². The Morgan fingerprint density at radius 1 is 0.574 bits per heavy atom. The lowest BCUT2D eigenvalue weighted by atomic mass is 10.0. The summed E-state index contributed by atoms with van der Waals surface area (Å²) in [6, 6.07) is 36.1. The number of carbonyl (C=O) groups excluding carboxylic acids is 2. The molecular weight excluding hydrogens is 669 g/mol. The number of hydrogen-bond donors (Lipinski definition) is 0. The molecule has 0 aliphatic rings. The first-order chi connectivity index (χ1) is 26.3. The smallest absolute Gasteiger partial charge is 0.234 e. The van der Waals surface area contributed by atoms with E-state index in [1.54, 1.807) is 22.2 Å². The van der Waals surface area contributed by atoms with Crippen LogP contribution in [-0.4, -0.2) is 49.0 Å². The molecule has 0 saturated heterocycles. The van der Waals surface area contributed by atoms with Crippen LogP contribution in [0.2, 0.25) is 0 Å². The Kier molecular flexibility index (Phi) is 12.5. The molecule has 0 bridgehead atoms. The summed E-state index contributed by atoms with van der Waals surface area (Å²) in [5.41, 5.74) is 6.82. The molecule has 0 spiro atoms. The molecule has 1 atom stereocenters. The average molecular weight is 721 g/mol. The second kappa shape index (κ2) is 17.8. The molecule has 54 heavy (non-hydrogen) atoms. The van der Waals surface area contributed by atoms with Gasteiger partial charge in [0.05, 0.1) is 34.8 Å². The highest BCUT2D eigenvalue weighted by Gasteiger charge is 2.27. The molecule has 0 aliphatic heterocycles. The average Bonchev–Trinajstić information content (AvgIpc) is 3.20. The lowest BCUT2D eigenvalue weighted by Crippen LogP contribution is -2.33. The Morgan fingerprint density at radius 2 is 1.06 bits per heavy atom. The van der Waals surface area contributed by atoms with Gasteiger partial charge >= 0.3 is 0 Å². The van der Waals surface area contributed by atoms with Crippen molar-refractivity contribution in [2.45, 2.75) is 59.3 Å². The van der Waals surface area contributed by atoms with Crippen molar-refractivity contribution in [1.82, 2.24) is 9.97 Å². The van der Waals surface area contributed by atoms with E-state index in [4.69, 9.17) is 4.98 Å². The number of para-hydroxylation sites is 2. The molecule has 2 amide bonds. The quantitative estimate of drug-likeness (QED) is 0.0927. The standard InChI is InChI=1S/C46H52N6O2/c1-6-8-13-29-50(5)38-21-25-40(26-22-38)52(42-31-36-15-10-12-17-44(36)48-33-42)46(54)34(3)18-27-45(53)51(39-23-19-37(20-24-39)49(4)28-7-2)41-30-35-14-9-11-16-43(35)47-32-41/h9-12,14-17,19-26,30-34H,6-8,13,18,27-29H2,1-5H3. The van der Waals surface area contributed by atoms with Gasteiger partial charge in [-0.05, 0) is 92.1 Å². The van der Waals surface area contributed by atoms with Crippen molar-refractivity contribution >= 4 is 67.7 Å². The van der Waals surface area contributed by atoms with E-state index in [2.05, 4.69) is 67.0 Å². The van der Waals surface area contributed by atoms with Gasteiger partial charge in [0.1, 0.15) is 0 Å². The molecule has 0 N–H and O–H groups in total. The highest BCUT2D eigenvalue weighted by molar-refractivity contribution is 6.04. The normalized spacial score (nSPS) is 11.7. The van der Waals surface area contributed by atoms with Gasteiger partial charge in [0.2, 0.25) is 11.8 Å². The third kappa shape index (κ3) is 8.88. The second-order valence-corrected chi connectivity index (χ2v) is 14.2. The lowest BCUT2D eigenvalue weighted by Gasteiger charge is -2.28. The topological polar surface area (TPSA) is 72.9 Å². The van der Waals surface area contributed by atoms with Crippen molar-refractivity contribution in [3.8, 4) is 0 Å². The third-order valence-corrected chi connectivity index (χ3v) is 10.1. The zero-order valence-electron chi connectivity index (χ0n) is 32.3. The fourth-order valence-electron chi connectivity index (χ4n) is 6.90. The van der Waals surface area contributed by atoms with E-state index in [-0.39, 0.29) is 18.2 Å². The number of aromatic nitrogens is 2. The maximum Gasteiger partial charge on any atom is 0.234 e. The molecule has 0 aliphatic carbocycles. The molecule has 0 saturated carbocycles. The lowest BCUT2D eigenvalue weighted by molar-refractivity contribution is -0.122. The highest BCUT2D eigenvalue weighted by Crippen LogP contribution is 2.34. The van der Waals surface area contributed by atoms with Crippen LogP contribution in [0.3, 0.4) is 0 Å². The van der Waals surface area contributed by atoms with E-state index in [9.17, 15) is 9.59 Å². The Morgan fingerprint density at radius 3 is 1.59 bits per heavy atom. The van der Waals surface area contributed by atoms with Crippen LogP contribution in [0.4, 0.5) is 34.1 Å². The number of nitrogens with zero attached hydrogens (tertiary/aromatic N) is 6. The summed E-state index contributed by atoms with van der Waals surface area (Å²) < 4.78 is 0. The number of unbranched alkanes of at least 4 members (excludes halogenated alkanes) is 2. The predicted molar refractivity (Wildman–Crippen MR) is 225 cm³/mol. The van der Waals surface area contributed by atoms with Crippen molar-refractivity contribution in [2.75, 3.05) is 46.8 Å². The van der Waals surface area contributed by atoms with Crippen LogP contribution in [-0.2, 0) is 9.59 Å². The fraction of sp³-hybridized carbons (Fsp3) is 0.304. The summed E-state index contributed by atoms with van der Waals surface area (Å²) in [5, 5.41) is 1.91. The molecule has 8 heteroatoms. The van der Waals surface area contributed by atoms with Gasteiger partial charge in [-0.25, -0.2) is 0 Å². The van der Waals surface area contributed by atoms with Gasteiger partial charge in [0, 0.05) is 73.0 Å². The number of anilines is 6. The zero-order chi connectivity index (χ0) is 38.0. The van der Waals surface area contributed by atoms with Crippen LogP contribution >= 0.6 is 0 Å². The molecule has 0 fully saturated rings. The SMILES string of the molecule is CCCCCN(C)c1ccc(N(C(=O)C(C)CCC(=O)N(c2ccc(N(C)CCC)cc2)c2cnc3ccccc3c2)c2cnc3ccccc3c2)cc1. The van der Waals surface area contributed by atoms with E-state index in [0.717, 1.165) is 70.5 Å². The van der Waals surface area contributed by atoms with Gasteiger partial charge in [0.25, 0.3) is 0 Å². The molecule has 0 radical (unpaired) electrons. The molecule has 1 unspecified atom stereocenters. The van der Waals surface area contributed by atoms with E-state index in [1.807, 2.05) is 91.9 Å². The number of rotatable bonds is 16. The van der Waals surface area contributed by atoms with Crippen LogP contribution in [0.5, 0.6) is 0 Å². The van der Waals surface area contributed by atoms with Gasteiger partial charge in [-0.2, -0.15) is 0 Å². The van der Waals surface area contributed by atoms with Crippen molar-refractivity contribution in [1.29, 1.82) is 0 Å². The van der Waals surface area contributed by atoms with Crippen molar-refractivity contribution in [3.63, 3.8) is 0 Å². The summed E-state index contributed by atoms with van der Waals surface area (Å²) in [5.74, 6) is -0.652. The van der Waals surface area contributed by atoms with Crippen molar-refractivity contribution in [2.24, 2.45) is 5.92 Å². The number of pyridine rings is 2. The zero-order valence-corrected chi connectivity index (χ0v) is 32.3. The van der Waals surface area contributed by atoms with Crippen LogP contribution in [0.25, 0.3) is 21.8 Å². The van der Waals surface area contributed by atoms with E-state index >= 15 is 0 Å². The summed E-state index contributed by atoms with van der Waals surface area (Å²) in [7, 11) is 4.18. The molecule has 4 aromatic carbocycles. The van der Waals surface area contributed by atoms with Gasteiger partial charge < -0.3 is 9.80 Å². The minimum absolute atomic E-state index is 0.0915. The summed E-state index contributed by atoms with van der Waals surface area (Å²) in [6.45, 7) is 8.19. The molecule has 6 rings (SSSR count). The Bertz CT molecular complexity index is 2170. The first-order valence-electron chi connectivity index (χ1n) is 19.3. The minimum Gasteiger partial charge on any atom is -0.375 e. The molecule has 6 aromatic rings. The number of fused-ring (bicyclic) bond motifs is 2. The van der Waals surface area contributed by atoms with Crippen LogP contribution < -0.4 is 19.6 Å². The number of carbonyl (C=O) groups is 2. The second-order valence-electron chi connectivity index (χ2n) is 14.2. The van der Waals surface area contributed by atoms with Gasteiger partial charge in [0.15, 0.2) is 0 Å². The Balaban J connectivity index is 1.26. The van der Waals surface area contributed by atoms with Crippen LogP contribution in [0.15, 0.2) is 122 Å². The maximum atomic E-state index is 14.5. The minimum atomic E-state index is -0.460. The highest BCUT2D eigenvalue weighted by atomic mass is 16.2. The van der Waals surface area contributed by atoms with Gasteiger partial charge in [-0.1, -0.05) is 70.0 Å². The number of amides is 2. The monoisotopic (exact) mass is 720 g/mol. The summed E-state index contributed by atoms with van der Waals surface area (Å²) in [4.78, 5) is 46.2. The third-order valence-electron chi connectivity index (χ3n) is 10.1. The molecular formula is C46H52N6O2. The summed E-state index contributed by atoms with van der Waals surface area (Å²) >= 11 is 0. The molecule has 278 valence electrons. The van der Waals surface area contributed by atoms with Crippen LogP contribution in [0.1, 0.15) is 59.3 Å². The number of hydrogen-bond acceptors (Lipinski definition) is 6. The number of benzene rings is 4. The largest absolute Gasteiger partial charge is 0.375 e. The van der Waals surface area contributed by atoms with Crippen LogP contribution in [0, 0.1) is 5.92 Å². The first kappa shape index (κ1) is 38.0. The first-order valence-corrected chi connectivity index (χ1v) is 19.3. The van der Waals surface area contributed by atoms with Crippen molar-refractivity contribution < 1.29 is 9.59 Å². The van der Waals surface area contributed by atoms with E-state index in [1.165, 1.54) is 12.8 Å². The van der Waals surface area contributed by atoms with Crippen molar-refractivity contribution in [3.05, 3.63) is 122 Å². The Labute approximate surface area is 320 Å². The Hall–Kier alpha value is -5.76. The fourth-order valence-corrected chi connectivity index (χ4v) is 6.90. The molecule has 8 nitrogen and oxygen atoms in total. The molecule has 2 aromatic heterocycles. The predicted octanol–water partition coefficient (Wildman–Crippen LogP) is 10.7. The maximum absolute atomic E-state index is 14.5.